The normalized spacial score (nSPS) is 13.8. The zero-order valence-electron chi connectivity index (χ0n) is 9.64. The third kappa shape index (κ3) is 2.07. The number of hydrogen-bond donors (Lipinski definition) is 0. The molecule has 0 saturated carbocycles. The molecule has 2 aromatic carbocycles. The maximum Gasteiger partial charge on any atom is -0.00821 e. The second-order valence-corrected chi connectivity index (χ2v) is 4.26. The van der Waals surface area contributed by atoms with E-state index in [4.69, 9.17) is 0 Å². The van der Waals surface area contributed by atoms with Gasteiger partial charge in [0.1, 0.15) is 0 Å². The maximum atomic E-state index is 2.30. The van der Waals surface area contributed by atoms with Gasteiger partial charge in [-0.25, -0.2) is 0 Å². The van der Waals surface area contributed by atoms with Crippen LogP contribution in [0.15, 0.2) is 66.7 Å². The quantitative estimate of drug-likeness (QED) is 0.703. The Morgan fingerprint density at radius 2 is 1.53 bits per heavy atom. The topological polar surface area (TPSA) is 0 Å². The van der Waals surface area contributed by atoms with E-state index in [9.17, 15) is 0 Å². The van der Waals surface area contributed by atoms with Crippen molar-refractivity contribution in [2.75, 3.05) is 0 Å². The molecule has 0 amide bonds. The van der Waals surface area contributed by atoms with E-state index in [1.54, 1.807) is 0 Å². The first-order chi connectivity index (χ1) is 8.43. The molecule has 17 heavy (non-hydrogen) atoms. The van der Waals surface area contributed by atoms with E-state index in [1.165, 1.54) is 22.3 Å². The zero-order chi connectivity index (χ0) is 11.5. The standard InChI is InChI=1S/C17H14/c1-2-6-14(7-3-1)10-11-16-13-12-15-8-4-5-9-17(15)16/h1-11,13H,12H2. The third-order valence-electron chi connectivity index (χ3n) is 3.13. The van der Waals surface area contributed by atoms with E-state index in [2.05, 4.69) is 66.8 Å². The smallest absolute Gasteiger partial charge is 0.00821 e. The molecule has 0 aliphatic heterocycles. The van der Waals surface area contributed by atoms with Gasteiger partial charge in [-0.15, -0.1) is 0 Å². The molecule has 0 spiro atoms. The van der Waals surface area contributed by atoms with Crippen molar-refractivity contribution in [3.05, 3.63) is 83.4 Å². The molecular weight excluding hydrogens is 204 g/mol. The molecule has 0 radical (unpaired) electrons. The van der Waals surface area contributed by atoms with Crippen molar-refractivity contribution in [1.29, 1.82) is 0 Å². The van der Waals surface area contributed by atoms with E-state index in [0.29, 0.717) is 0 Å². The molecule has 0 heterocycles. The highest BCUT2D eigenvalue weighted by Crippen LogP contribution is 2.28. The summed E-state index contributed by atoms with van der Waals surface area (Å²) in [4.78, 5) is 0. The minimum absolute atomic E-state index is 1.06. The van der Waals surface area contributed by atoms with Gasteiger partial charge >= 0.3 is 0 Å². The highest BCUT2D eigenvalue weighted by molar-refractivity contribution is 5.83. The van der Waals surface area contributed by atoms with Crippen LogP contribution in [0.4, 0.5) is 0 Å². The van der Waals surface area contributed by atoms with Gasteiger partial charge in [0, 0.05) is 0 Å². The van der Waals surface area contributed by atoms with Gasteiger partial charge in [0.05, 0.1) is 0 Å². The number of allylic oxidation sites excluding steroid dienone is 3. The first kappa shape index (κ1) is 10.1. The van der Waals surface area contributed by atoms with Gasteiger partial charge < -0.3 is 0 Å². The summed E-state index contributed by atoms with van der Waals surface area (Å²) in [7, 11) is 0. The van der Waals surface area contributed by atoms with E-state index >= 15 is 0 Å². The summed E-state index contributed by atoms with van der Waals surface area (Å²) in [6.07, 6.45) is 7.74. The Kier molecular flexibility index (Phi) is 2.63. The molecule has 0 saturated heterocycles. The van der Waals surface area contributed by atoms with Crippen LogP contribution in [-0.2, 0) is 6.42 Å². The Balaban J connectivity index is 1.87. The van der Waals surface area contributed by atoms with Crippen LogP contribution in [0.1, 0.15) is 16.7 Å². The fourth-order valence-electron chi connectivity index (χ4n) is 2.22. The minimum atomic E-state index is 1.06. The summed E-state index contributed by atoms with van der Waals surface area (Å²) in [6.45, 7) is 0. The van der Waals surface area contributed by atoms with Gasteiger partial charge in [0.2, 0.25) is 0 Å². The summed E-state index contributed by atoms with van der Waals surface area (Å²) < 4.78 is 0. The minimum Gasteiger partial charge on any atom is -0.0722 e. The lowest BCUT2D eigenvalue weighted by Crippen LogP contribution is -1.81. The van der Waals surface area contributed by atoms with Crippen LogP contribution >= 0.6 is 0 Å². The Morgan fingerprint density at radius 3 is 2.41 bits per heavy atom. The molecule has 3 rings (SSSR count). The Bertz CT molecular complexity index is 574. The van der Waals surface area contributed by atoms with Crippen LogP contribution in [0.5, 0.6) is 0 Å². The molecule has 82 valence electrons. The lowest BCUT2D eigenvalue weighted by atomic mass is 10.0. The molecule has 0 bridgehead atoms. The molecule has 0 fully saturated rings. The van der Waals surface area contributed by atoms with Crippen molar-refractivity contribution in [2.45, 2.75) is 6.42 Å². The second kappa shape index (κ2) is 4.42. The summed E-state index contributed by atoms with van der Waals surface area (Å²) in [5, 5.41) is 0. The van der Waals surface area contributed by atoms with Crippen molar-refractivity contribution in [2.24, 2.45) is 0 Å². The molecule has 0 atom stereocenters. The fourth-order valence-corrected chi connectivity index (χ4v) is 2.22. The lowest BCUT2D eigenvalue weighted by molar-refractivity contribution is 1.31. The predicted octanol–water partition coefficient (Wildman–Crippen LogP) is 4.34. The van der Waals surface area contributed by atoms with E-state index in [-0.39, 0.29) is 0 Å². The van der Waals surface area contributed by atoms with Crippen molar-refractivity contribution in [3.8, 4) is 0 Å². The van der Waals surface area contributed by atoms with Gasteiger partial charge in [0.15, 0.2) is 0 Å². The Labute approximate surface area is 102 Å². The summed E-state index contributed by atoms with van der Waals surface area (Å²) in [6, 6.07) is 19.0. The monoisotopic (exact) mass is 218 g/mol. The number of benzene rings is 2. The summed E-state index contributed by atoms with van der Waals surface area (Å²) in [5.74, 6) is 0. The molecule has 2 aromatic rings. The molecule has 0 unspecified atom stereocenters. The highest BCUT2D eigenvalue weighted by atomic mass is 14.1. The van der Waals surface area contributed by atoms with Gasteiger partial charge in [-0.3, -0.25) is 0 Å². The average Bonchev–Trinajstić information content (AvgIpc) is 2.81. The van der Waals surface area contributed by atoms with Crippen molar-refractivity contribution < 1.29 is 0 Å². The SMILES string of the molecule is C(=Cc1ccccc1)C1=CCc2ccccc21. The van der Waals surface area contributed by atoms with Crippen LogP contribution in [0.2, 0.25) is 0 Å². The lowest BCUT2D eigenvalue weighted by Gasteiger charge is -2.00. The molecular formula is C17H14. The molecule has 0 aromatic heterocycles. The first-order valence-corrected chi connectivity index (χ1v) is 5.95. The summed E-state index contributed by atoms with van der Waals surface area (Å²) in [5.41, 5.74) is 5.39. The number of fused-ring (bicyclic) bond motifs is 1. The van der Waals surface area contributed by atoms with Crippen LogP contribution in [0.3, 0.4) is 0 Å². The maximum absolute atomic E-state index is 2.30. The van der Waals surface area contributed by atoms with Crippen molar-refractivity contribution in [3.63, 3.8) is 0 Å². The largest absolute Gasteiger partial charge is 0.0722 e. The third-order valence-corrected chi connectivity index (χ3v) is 3.13. The Hall–Kier alpha value is -2.08. The highest BCUT2D eigenvalue weighted by Gasteiger charge is 2.09. The van der Waals surface area contributed by atoms with Crippen molar-refractivity contribution in [1.82, 2.24) is 0 Å². The van der Waals surface area contributed by atoms with E-state index < -0.39 is 0 Å². The molecule has 1 aliphatic rings. The van der Waals surface area contributed by atoms with Crippen molar-refractivity contribution >= 4 is 11.6 Å². The fraction of sp³-hybridized carbons (Fsp3) is 0.0588. The number of hydrogen-bond acceptors (Lipinski definition) is 0. The molecule has 0 heteroatoms. The van der Waals surface area contributed by atoms with Crippen LogP contribution in [0, 0.1) is 0 Å². The predicted molar refractivity (Wildman–Crippen MR) is 73.6 cm³/mol. The number of rotatable bonds is 2. The second-order valence-electron chi connectivity index (χ2n) is 4.26. The van der Waals surface area contributed by atoms with Crippen LogP contribution in [-0.4, -0.2) is 0 Å². The van der Waals surface area contributed by atoms with Gasteiger partial charge in [0.25, 0.3) is 0 Å². The van der Waals surface area contributed by atoms with Crippen LogP contribution < -0.4 is 0 Å². The van der Waals surface area contributed by atoms with Gasteiger partial charge in [-0.1, -0.05) is 72.8 Å². The molecule has 0 N–H and O–H groups in total. The summed E-state index contributed by atoms with van der Waals surface area (Å²) >= 11 is 0. The van der Waals surface area contributed by atoms with E-state index in [1.807, 2.05) is 6.07 Å². The molecule has 1 aliphatic carbocycles. The molecule has 0 nitrogen and oxygen atoms in total. The van der Waals surface area contributed by atoms with Crippen LogP contribution in [0.25, 0.3) is 11.6 Å². The first-order valence-electron chi connectivity index (χ1n) is 5.95. The zero-order valence-corrected chi connectivity index (χ0v) is 9.64. The Morgan fingerprint density at radius 1 is 0.765 bits per heavy atom. The van der Waals surface area contributed by atoms with Gasteiger partial charge in [-0.2, -0.15) is 0 Å². The average molecular weight is 218 g/mol. The van der Waals surface area contributed by atoms with E-state index in [0.717, 1.165) is 6.42 Å². The van der Waals surface area contributed by atoms with Gasteiger partial charge in [-0.05, 0) is 28.7 Å².